The predicted octanol–water partition coefficient (Wildman–Crippen LogP) is 3.50. The van der Waals surface area contributed by atoms with Gasteiger partial charge in [0, 0.05) is 18.6 Å². The van der Waals surface area contributed by atoms with E-state index in [-0.39, 0.29) is 6.61 Å². The SMILES string of the molecule is C=CC(=O)OCCCOc1ccc(OC(=O)c2ccc(OC(=O)C=C)cc2)cc1. The van der Waals surface area contributed by atoms with E-state index in [0.29, 0.717) is 35.8 Å². The maximum atomic E-state index is 12.2. The first kappa shape index (κ1) is 21.4. The van der Waals surface area contributed by atoms with Gasteiger partial charge in [-0.3, -0.25) is 0 Å². The Kier molecular flexibility index (Phi) is 8.19. The van der Waals surface area contributed by atoms with E-state index in [1.807, 2.05) is 0 Å². The molecule has 0 amide bonds. The van der Waals surface area contributed by atoms with Crippen LogP contribution in [0.25, 0.3) is 0 Å². The summed E-state index contributed by atoms with van der Waals surface area (Å²) in [6.45, 7) is 7.23. The van der Waals surface area contributed by atoms with Crippen molar-refractivity contribution in [1.82, 2.24) is 0 Å². The van der Waals surface area contributed by atoms with E-state index in [1.165, 1.54) is 24.3 Å². The number of esters is 3. The zero-order chi connectivity index (χ0) is 21.1. The van der Waals surface area contributed by atoms with Crippen molar-refractivity contribution in [3.8, 4) is 17.2 Å². The summed E-state index contributed by atoms with van der Waals surface area (Å²) >= 11 is 0. The van der Waals surface area contributed by atoms with Crippen molar-refractivity contribution in [3.63, 3.8) is 0 Å². The fourth-order valence-electron chi connectivity index (χ4n) is 2.07. The van der Waals surface area contributed by atoms with Crippen molar-refractivity contribution >= 4 is 17.9 Å². The minimum absolute atomic E-state index is 0.242. The van der Waals surface area contributed by atoms with E-state index in [1.54, 1.807) is 24.3 Å². The first-order chi connectivity index (χ1) is 14.0. The first-order valence-corrected chi connectivity index (χ1v) is 8.70. The highest BCUT2D eigenvalue weighted by molar-refractivity contribution is 5.91. The third-order valence-electron chi connectivity index (χ3n) is 3.48. The van der Waals surface area contributed by atoms with Gasteiger partial charge in [-0.1, -0.05) is 13.2 Å². The van der Waals surface area contributed by atoms with Gasteiger partial charge in [-0.25, -0.2) is 14.4 Å². The molecule has 0 heterocycles. The Labute approximate surface area is 168 Å². The minimum Gasteiger partial charge on any atom is -0.493 e. The lowest BCUT2D eigenvalue weighted by Gasteiger charge is -2.08. The number of hydrogen-bond acceptors (Lipinski definition) is 7. The third kappa shape index (κ3) is 7.34. The topological polar surface area (TPSA) is 88.1 Å². The van der Waals surface area contributed by atoms with E-state index >= 15 is 0 Å². The van der Waals surface area contributed by atoms with Gasteiger partial charge in [-0.15, -0.1) is 0 Å². The van der Waals surface area contributed by atoms with Crippen molar-refractivity contribution in [2.24, 2.45) is 0 Å². The third-order valence-corrected chi connectivity index (χ3v) is 3.48. The molecule has 0 unspecified atom stereocenters. The molecule has 0 spiro atoms. The van der Waals surface area contributed by atoms with E-state index in [4.69, 9.17) is 18.9 Å². The van der Waals surface area contributed by atoms with Crippen LogP contribution in [-0.2, 0) is 14.3 Å². The molecule has 2 rings (SSSR count). The van der Waals surface area contributed by atoms with Crippen LogP contribution in [0.1, 0.15) is 16.8 Å². The van der Waals surface area contributed by atoms with Gasteiger partial charge in [0.15, 0.2) is 0 Å². The summed E-state index contributed by atoms with van der Waals surface area (Å²) in [5.41, 5.74) is 0.304. The van der Waals surface area contributed by atoms with Crippen LogP contribution in [0.15, 0.2) is 73.8 Å². The van der Waals surface area contributed by atoms with Crippen molar-refractivity contribution in [1.29, 1.82) is 0 Å². The van der Waals surface area contributed by atoms with Crippen LogP contribution in [0.5, 0.6) is 17.2 Å². The number of ether oxygens (including phenoxy) is 4. The average Bonchev–Trinajstić information content (AvgIpc) is 2.74. The van der Waals surface area contributed by atoms with Crippen LogP contribution in [0.3, 0.4) is 0 Å². The Morgan fingerprint density at radius 3 is 1.90 bits per heavy atom. The van der Waals surface area contributed by atoms with Crippen LogP contribution in [0.2, 0.25) is 0 Å². The monoisotopic (exact) mass is 396 g/mol. The Bertz CT molecular complexity index is 867. The van der Waals surface area contributed by atoms with E-state index < -0.39 is 17.9 Å². The number of carbonyl (C=O) groups is 3. The maximum absolute atomic E-state index is 12.2. The van der Waals surface area contributed by atoms with Gasteiger partial charge < -0.3 is 18.9 Å². The Balaban J connectivity index is 1.80. The van der Waals surface area contributed by atoms with E-state index in [9.17, 15) is 14.4 Å². The fraction of sp³-hybridized carbons (Fsp3) is 0.136. The molecule has 7 heteroatoms. The van der Waals surface area contributed by atoms with Crippen LogP contribution in [0.4, 0.5) is 0 Å². The van der Waals surface area contributed by atoms with E-state index in [0.717, 1.165) is 12.2 Å². The molecule has 0 aliphatic carbocycles. The van der Waals surface area contributed by atoms with Gasteiger partial charge in [0.25, 0.3) is 0 Å². The number of hydrogen-bond donors (Lipinski definition) is 0. The summed E-state index contributed by atoms with van der Waals surface area (Å²) in [6, 6.07) is 12.5. The second kappa shape index (κ2) is 11.1. The Morgan fingerprint density at radius 2 is 1.28 bits per heavy atom. The second-order valence-corrected chi connectivity index (χ2v) is 5.58. The molecule has 0 saturated heterocycles. The van der Waals surface area contributed by atoms with E-state index in [2.05, 4.69) is 13.2 Å². The molecule has 0 bridgehead atoms. The van der Waals surface area contributed by atoms with Gasteiger partial charge in [0.1, 0.15) is 17.2 Å². The van der Waals surface area contributed by atoms with Crippen molar-refractivity contribution in [2.45, 2.75) is 6.42 Å². The lowest BCUT2D eigenvalue weighted by atomic mass is 10.2. The molecule has 0 aliphatic rings. The zero-order valence-corrected chi connectivity index (χ0v) is 15.7. The summed E-state index contributed by atoms with van der Waals surface area (Å²) in [6.07, 6.45) is 2.69. The molecule has 29 heavy (non-hydrogen) atoms. The highest BCUT2D eigenvalue weighted by Crippen LogP contribution is 2.20. The van der Waals surface area contributed by atoms with Gasteiger partial charge in [-0.2, -0.15) is 0 Å². The Morgan fingerprint density at radius 1 is 0.724 bits per heavy atom. The standard InChI is InChI=1S/C22H20O7/c1-3-20(23)27-15-5-14-26-17-10-12-19(13-11-17)29-22(25)16-6-8-18(9-7-16)28-21(24)4-2/h3-4,6-13H,1-2,5,14-15H2. The lowest BCUT2D eigenvalue weighted by molar-refractivity contribution is -0.138. The summed E-state index contributed by atoms with van der Waals surface area (Å²) in [5.74, 6) is -0.363. The smallest absolute Gasteiger partial charge is 0.343 e. The molecule has 2 aromatic carbocycles. The largest absolute Gasteiger partial charge is 0.493 e. The van der Waals surface area contributed by atoms with Gasteiger partial charge in [0.05, 0.1) is 18.8 Å². The molecule has 0 radical (unpaired) electrons. The van der Waals surface area contributed by atoms with Crippen LogP contribution in [0, 0.1) is 0 Å². The van der Waals surface area contributed by atoms with Gasteiger partial charge in [0.2, 0.25) is 0 Å². The minimum atomic E-state index is -0.583. The molecular formula is C22H20O7. The highest BCUT2D eigenvalue weighted by Gasteiger charge is 2.10. The molecule has 0 saturated carbocycles. The molecular weight excluding hydrogens is 376 g/mol. The lowest BCUT2D eigenvalue weighted by Crippen LogP contribution is -2.09. The maximum Gasteiger partial charge on any atom is 0.343 e. The van der Waals surface area contributed by atoms with Crippen LogP contribution < -0.4 is 14.2 Å². The Hall–Kier alpha value is -3.87. The molecule has 0 aliphatic heterocycles. The number of benzene rings is 2. The fourth-order valence-corrected chi connectivity index (χ4v) is 2.07. The number of rotatable bonds is 10. The molecule has 0 atom stereocenters. The summed E-state index contributed by atoms with van der Waals surface area (Å²) < 4.78 is 20.6. The molecule has 0 fully saturated rings. The molecule has 0 N–H and O–H groups in total. The summed E-state index contributed by atoms with van der Waals surface area (Å²) in [4.78, 5) is 34.2. The molecule has 150 valence electrons. The van der Waals surface area contributed by atoms with Gasteiger partial charge in [-0.05, 0) is 48.5 Å². The first-order valence-electron chi connectivity index (χ1n) is 8.70. The van der Waals surface area contributed by atoms with Crippen molar-refractivity contribution in [3.05, 3.63) is 79.4 Å². The zero-order valence-electron chi connectivity index (χ0n) is 15.7. The van der Waals surface area contributed by atoms with Gasteiger partial charge >= 0.3 is 17.9 Å². The summed E-state index contributed by atoms with van der Waals surface area (Å²) in [5, 5.41) is 0. The molecule has 2 aromatic rings. The summed E-state index contributed by atoms with van der Waals surface area (Å²) in [7, 11) is 0. The quantitative estimate of drug-likeness (QED) is 0.263. The second-order valence-electron chi connectivity index (χ2n) is 5.58. The normalized spacial score (nSPS) is 9.79. The molecule has 0 aromatic heterocycles. The predicted molar refractivity (Wildman–Crippen MR) is 105 cm³/mol. The highest BCUT2D eigenvalue weighted by atomic mass is 16.5. The van der Waals surface area contributed by atoms with Crippen LogP contribution >= 0.6 is 0 Å². The van der Waals surface area contributed by atoms with Crippen LogP contribution in [-0.4, -0.2) is 31.1 Å². The average molecular weight is 396 g/mol. The van der Waals surface area contributed by atoms with Crippen molar-refractivity contribution in [2.75, 3.05) is 13.2 Å². The molecule has 7 nitrogen and oxygen atoms in total. The number of carbonyl (C=O) groups excluding carboxylic acids is 3. The van der Waals surface area contributed by atoms with Crippen molar-refractivity contribution < 1.29 is 33.3 Å².